The molecule has 0 fully saturated rings. The SMILES string of the molecule is CC(NC(=O)C(C)(C)Oc1ccc(C(F)(F)F)cn1)C(Cc1ccc(Cl)cn1)c1cccc(C(=N)N)c1. The summed E-state index contributed by atoms with van der Waals surface area (Å²) in [5, 5.41) is 11.2. The van der Waals surface area contributed by atoms with E-state index in [1.807, 2.05) is 13.0 Å². The van der Waals surface area contributed by atoms with Crippen LogP contribution in [0.25, 0.3) is 0 Å². The maximum atomic E-state index is 13.2. The van der Waals surface area contributed by atoms with Crippen LogP contribution < -0.4 is 15.8 Å². The first-order valence-electron chi connectivity index (χ1n) is 11.3. The van der Waals surface area contributed by atoms with Crippen LogP contribution >= 0.6 is 11.6 Å². The van der Waals surface area contributed by atoms with Crippen molar-refractivity contribution in [3.05, 3.63) is 88.3 Å². The first-order chi connectivity index (χ1) is 17.3. The molecule has 0 aliphatic rings. The second kappa shape index (κ2) is 11.2. The van der Waals surface area contributed by atoms with Gasteiger partial charge >= 0.3 is 6.18 Å². The summed E-state index contributed by atoms with van der Waals surface area (Å²) in [6, 6.07) is 12.2. The number of rotatable bonds is 9. The van der Waals surface area contributed by atoms with Crippen molar-refractivity contribution in [2.75, 3.05) is 0 Å². The smallest absolute Gasteiger partial charge is 0.417 e. The molecule has 1 amide bonds. The Balaban J connectivity index is 1.81. The average Bonchev–Trinajstić information content (AvgIpc) is 2.83. The van der Waals surface area contributed by atoms with E-state index >= 15 is 0 Å². The van der Waals surface area contributed by atoms with Crippen molar-refractivity contribution in [3.63, 3.8) is 0 Å². The lowest BCUT2D eigenvalue weighted by Crippen LogP contribution is -2.51. The Labute approximate surface area is 217 Å². The Morgan fingerprint density at radius 2 is 1.86 bits per heavy atom. The lowest BCUT2D eigenvalue weighted by Gasteiger charge is -2.30. The summed E-state index contributed by atoms with van der Waals surface area (Å²) < 4.78 is 44.1. The number of amides is 1. The van der Waals surface area contributed by atoms with Crippen LogP contribution in [-0.2, 0) is 17.4 Å². The molecule has 3 rings (SSSR count). The number of halogens is 4. The van der Waals surface area contributed by atoms with Crippen molar-refractivity contribution in [2.24, 2.45) is 5.73 Å². The van der Waals surface area contributed by atoms with Crippen molar-refractivity contribution in [3.8, 4) is 5.88 Å². The van der Waals surface area contributed by atoms with Gasteiger partial charge < -0.3 is 15.8 Å². The average molecular weight is 534 g/mol. The van der Waals surface area contributed by atoms with Gasteiger partial charge in [-0.2, -0.15) is 13.2 Å². The third kappa shape index (κ3) is 7.42. The van der Waals surface area contributed by atoms with Gasteiger partial charge in [0.05, 0.1) is 10.6 Å². The Kier molecular flexibility index (Phi) is 8.42. The summed E-state index contributed by atoms with van der Waals surface area (Å²) in [5.74, 6) is -0.951. The summed E-state index contributed by atoms with van der Waals surface area (Å²) in [6.45, 7) is 4.83. The third-order valence-corrected chi connectivity index (χ3v) is 6.00. The molecule has 0 spiro atoms. The van der Waals surface area contributed by atoms with E-state index in [-0.39, 0.29) is 17.6 Å². The minimum Gasteiger partial charge on any atom is -0.462 e. The van der Waals surface area contributed by atoms with Gasteiger partial charge in [-0.3, -0.25) is 15.2 Å². The molecular formula is C26H27ClF3N5O2. The fourth-order valence-corrected chi connectivity index (χ4v) is 3.78. The van der Waals surface area contributed by atoms with Gasteiger partial charge in [0.15, 0.2) is 5.60 Å². The summed E-state index contributed by atoms with van der Waals surface area (Å²) in [4.78, 5) is 21.2. The predicted octanol–water partition coefficient (Wildman–Crippen LogP) is 5.12. The number of nitrogens with zero attached hydrogens (tertiary/aromatic N) is 2. The van der Waals surface area contributed by atoms with Crippen LogP contribution in [0.5, 0.6) is 5.88 Å². The zero-order valence-corrected chi connectivity index (χ0v) is 21.2. The summed E-state index contributed by atoms with van der Waals surface area (Å²) in [5.41, 5.74) is 5.44. The number of hydrogen-bond acceptors (Lipinski definition) is 5. The van der Waals surface area contributed by atoms with Gasteiger partial charge in [-0.1, -0.05) is 29.8 Å². The molecule has 2 aromatic heterocycles. The number of carbonyl (C=O) groups excluding carboxylic acids is 1. The van der Waals surface area contributed by atoms with Crippen LogP contribution in [0.1, 0.15) is 49.1 Å². The maximum absolute atomic E-state index is 13.2. The number of aromatic nitrogens is 2. The number of nitrogens with one attached hydrogen (secondary N) is 2. The van der Waals surface area contributed by atoms with Gasteiger partial charge in [0.2, 0.25) is 5.88 Å². The first kappa shape index (κ1) is 27.9. The van der Waals surface area contributed by atoms with E-state index in [9.17, 15) is 18.0 Å². The number of benzene rings is 1. The second-order valence-corrected chi connectivity index (χ2v) is 9.51. The van der Waals surface area contributed by atoms with E-state index in [2.05, 4.69) is 15.3 Å². The lowest BCUT2D eigenvalue weighted by atomic mass is 9.86. The Hall–Kier alpha value is -3.66. The fraction of sp³-hybridized carbons (Fsp3) is 0.308. The largest absolute Gasteiger partial charge is 0.462 e. The van der Waals surface area contributed by atoms with Crippen molar-refractivity contribution >= 4 is 23.3 Å². The molecule has 1 aromatic carbocycles. The van der Waals surface area contributed by atoms with E-state index in [1.165, 1.54) is 20.0 Å². The van der Waals surface area contributed by atoms with Gasteiger partial charge in [0, 0.05) is 41.7 Å². The van der Waals surface area contributed by atoms with E-state index in [0.29, 0.717) is 23.2 Å². The zero-order chi connectivity index (χ0) is 27.4. The third-order valence-electron chi connectivity index (χ3n) is 5.78. The highest BCUT2D eigenvalue weighted by molar-refractivity contribution is 6.30. The number of hydrogen-bond donors (Lipinski definition) is 3. The molecule has 0 saturated heterocycles. The highest BCUT2D eigenvalue weighted by Crippen LogP contribution is 2.30. The zero-order valence-electron chi connectivity index (χ0n) is 20.4. The minimum atomic E-state index is -4.53. The van der Waals surface area contributed by atoms with E-state index < -0.39 is 29.3 Å². The molecule has 0 saturated carbocycles. The topological polar surface area (TPSA) is 114 Å². The summed E-state index contributed by atoms with van der Waals surface area (Å²) >= 11 is 5.97. The van der Waals surface area contributed by atoms with Gasteiger partial charge in [-0.25, -0.2) is 4.98 Å². The Morgan fingerprint density at radius 3 is 2.43 bits per heavy atom. The van der Waals surface area contributed by atoms with Gasteiger partial charge in [-0.05, 0) is 57.0 Å². The van der Waals surface area contributed by atoms with E-state index in [0.717, 1.165) is 23.4 Å². The molecule has 2 unspecified atom stereocenters. The molecule has 3 aromatic rings. The number of nitrogen functional groups attached to an aromatic ring is 1. The minimum absolute atomic E-state index is 0.0829. The number of pyridine rings is 2. The quantitative estimate of drug-likeness (QED) is 0.261. The number of carbonyl (C=O) groups is 1. The molecule has 2 atom stereocenters. The van der Waals surface area contributed by atoms with E-state index in [4.69, 9.17) is 27.5 Å². The van der Waals surface area contributed by atoms with Crippen LogP contribution in [-0.4, -0.2) is 33.4 Å². The van der Waals surface area contributed by atoms with Crippen molar-refractivity contribution in [2.45, 2.75) is 50.9 Å². The highest BCUT2D eigenvalue weighted by atomic mass is 35.5. The van der Waals surface area contributed by atoms with Crippen molar-refractivity contribution in [1.82, 2.24) is 15.3 Å². The molecule has 2 heterocycles. The van der Waals surface area contributed by atoms with Crippen LogP contribution in [0, 0.1) is 5.41 Å². The van der Waals surface area contributed by atoms with Crippen LogP contribution in [0.3, 0.4) is 0 Å². The van der Waals surface area contributed by atoms with Crippen molar-refractivity contribution < 1.29 is 22.7 Å². The standard InChI is InChI=1S/C26H27ClF3N5O2/c1-15(35-24(36)25(2,3)37-22-10-7-18(13-34-22)26(28,29)30)21(12-20-9-8-19(27)14-33-20)16-5-4-6-17(11-16)23(31)32/h4-11,13-15,21H,12H2,1-3H3,(H3,31,32)(H,35,36). The van der Waals surface area contributed by atoms with Crippen LogP contribution in [0.2, 0.25) is 5.02 Å². The maximum Gasteiger partial charge on any atom is 0.417 e. The van der Waals surface area contributed by atoms with Gasteiger partial charge in [0.1, 0.15) is 5.84 Å². The molecule has 0 aliphatic carbocycles. The lowest BCUT2D eigenvalue weighted by molar-refractivity contribution is -0.138. The fourth-order valence-electron chi connectivity index (χ4n) is 3.67. The molecule has 4 N–H and O–H groups in total. The molecule has 37 heavy (non-hydrogen) atoms. The Bertz CT molecular complexity index is 1250. The van der Waals surface area contributed by atoms with Gasteiger partial charge in [-0.15, -0.1) is 0 Å². The number of nitrogens with two attached hydrogens (primary N) is 1. The monoisotopic (exact) mass is 533 g/mol. The number of ether oxygens (including phenoxy) is 1. The van der Waals surface area contributed by atoms with Crippen LogP contribution in [0.4, 0.5) is 13.2 Å². The molecule has 196 valence electrons. The van der Waals surface area contributed by atoms with Gasteiger partial charge in [0.25, 0.3) is 5.91 Å². The molecule has 0 aliphatic heterocycles. The van der Waals surface area contributed by atoms with E-state index in [1.54, 1.807) is 30.3 Å². The predicted molar refractivity (Wildman–Crippen MR) is 135 cm³/mol. The molecular weight excluding hydrogens is 507 g/mol. The summed E-state index contributed by atoms with van der Waals surface area (Å²) in [7, 11) is 0. The molecule has 11 heteroatoms. The van der Waals surface area contributed by atoms with Crippen molar-refractivity contribution in [1.29, 1.82) is 5.41 Å². The normalized spacial score (nSPS) is 13.5. The Morgan fingerprint density at radius 1 is 1.14 bits per heavy atom. The second-order valence-electron chi connectivity index (χ2n) is 9.07. The molecule has 0 bridgehead atoms. The molecule has 7 nitrogen and oxygen atoms in total. The highest BCUT2D eigenvalue weighted by Gasteiger charge is 2.35. The number of amidine groups is 1. The first-order valence-corrected chi connectivity index (χ1v) is 11.7. The van der Waals surface area contributed by atoms with Crippen LogP contribution in [0.15, 0.2) is 60.9 Å². The number of alkyl halides is 3. The summed E-state index contributed by atoms with van der Waals surface area (Å²) in [6.07, 6.45) is -1.89. The molecule has 0 radical (unpaired) electrons.